The zero-order valence-corrected chi connectivity index (χ0v) is 11.4. The standard InChI is InChI=1S/C13H28N4/c1-12-10-13(11-14,6-9-16(12)2)15-17-7-4-3-5-8-17/h12,15H,3-11,14H2,1-2H3. The molecule has 0 aromatic heterocycles. The van der Waals surface area contributed by atoms with Gasteiger partial charge in [0.1, 0.15) is 0 Å². The molecule has 2 rings (SSSR count). The van der Waals surface area contributed by atoms with E-state index >= 15 is 0 Å². The zero-order valence-electron chi connectivity index (χ0n) is 11.4. The molecule has 0 aromatic rings. The summed E-state index contributed by atoms with van der Waals surface area (Å²) in [5.74, 6) is 0. The van der Waals surface area contributed by atoms with Crippen molar-refractivity contribution in [3.63, 3.8) is 0 Å². The molecular weight excluding hydrogens is 212 g/mol. The summed E-state index contributed by atoms with van der Waals surface area (Å²) in [4.78, 5) is 2.44. The highest BCUT2D eigenvalue weighted by molar-refractivity contribution is 4.96. The number of piperidine rings is 2. The summed E-state index contributed by atoms with van der Waals surface area (Å²) in [6.07, 6.45) is 6.36. The van der Waals surface area contributed by atoms with Gasteiger partial charge in [0.2, 0.25) is 0 Å². The van der Waals surface area contributed by atoms with Crippen molar-refractivity contribution in [1.29, 1.82) is 0 Å². The highest BCUT2D eigenvalue weighted by atomic mass is 15.5. The molecule has 0 radical (unpaired) electrons. The minimum atomic E-state index is 0.142. The first kappa shape index (κ1) is 13.3. The third kappa shape index (κ3) is 3.19. The fraction of sp³-hybridized carbons (Fsp3) is 1.00. The lowest BCUT2D eigenvalue weighted by molar-refractivity contribution is 0.0272. The van der Waals surface area contributed by atoms with Crippen LogP contribution >= 0.6 is 0 Å². The first-order valence-electron chi connectivity index (χ1n) is 7.08. The maximum Gasteiger partial charge on any atom is 0.0475 e. The van der Waals surface area contributed by atoms with Crippen molar-refractivity contribution in [3.05, 3.63) is 0 Å². The van der Waals surface area contributed by atoms with Gasteiger partial charge >= 0.3 is 0 Å². The minimum Gasteiger partial charge on any atom is -0.329 e. The maximum atomic E-state index is 6.06. The molecule has 17 heavy (non-hydrogen) atoms. The van der Waals surface area contributed by atoms with E-state index in [2.05, 4.69) is 29.3 Å². The monoisotopic (exact) mass is 240 g/mol. The lowest BCUT2D eigenvalue weighted by Gasteiger charge is -2.47. The van der Waals surface area contributed by atoms with Crippen molar-refractivity contribution in [1.82, 2.24) is 15.3 Å². The van der Waals surface area contributed by atoms with Gasteiger partial charge in [0, 0.05) is 31.2 Å². The molecule has 0 spiro atoms. The molecule has 0 aliphatic carbocycles. The van der Waals surface area contributed by atoms with Crippen LogP contribution in [0.2, 0.25) is 0 Å². The van der Waals surface area contributed by atoms with Crippen LogP contribution in [0.3, 0.4) is 0 Å². The molecule has 2 unspecified atom stereocenters. The molecule has 4 heteroatoms. The van der Waals surface area contributed by atoms with E-state index in [0.717, 1.165) is 19.5 Å². The molecule has 2 aliphatic heterocycles. The number of hydrogen-bond acceptors (Lipinski definition) is 4. The van der Waals surface area contributed by atoms with Crippen LogP contribution in [-0.4, -0.2) is 54.7 Å². The number of nitrogens with two attached hydrogens (primary N) is 1. The third-order valence-corrected chi connectivity index (χ3v) is 4.52. The van der Waals surface area contributed by atoms with Crippen LogP contribution in [0.15, 0.2) is 0 Å². The quantitative estimate of drug-likeness (QED) is 0.765. The second kappa shape index (κ2) is 5.65. The van der Waals surface area contributed by atoms with Crippen molar-refractivity contribution in [2.45, 2.75) is 50.6 Å². The van der Waals surface area contributed by atoms with Crippen LogP contribution in [0.1, 0.15) is 39.0 Å². The van der Waals surface area contributed by atoms with Gasteiger partial charge in [-0.25, -0.2) is 10.4 Å². The molecule has 0 aromatic carbocycles. The van der Waals surface area contributed by atoms with Crippen molar-refractivity contribution >= 4 is 0 Å². The molecule has 3 N–H and O–H groups in total. The molecular formula is C13H28N4. The van der Waals surface area contributed by atoms with E-state index in [1.807, 2.05) is 0 Å². The number of nitrogens with zero attached hydrogens (tertiary/aromatic N) is 2. The number of hydrazine groups is 1. The Kier molecular flexibility index (Phi) is 4.42. The Morgan fingerprint density at radius 1 is 1.24 bits per heavy atom. The van der Waals surface area contributed by atoms with Gasteiger partial charge in [0.25, 0.3) is 0 Å². The van der Waals surface area contributed by atoms with Gasteiger partial charge < -0.3 is 10.6 Å². The predicted molar refractivity (Wildman–Crippen MR) is 71.7 cm³/mol. The predicted octanol–water partition coefficient (Wildman–Crippen LogP) is 0.789. The van der Waals surface area contributed by atoms with E-state index in [0.29, 0.717) is 6.04 Å². The number of likely N-dealkylation sites (tertiary alicyclic amines) is 1. The van der Waals surface area contributed by atoms with Gasteiger partial charge in [0.05, 0.1) is 0 Å². The Morgan fingerprint density at radius 3 is 2.53 bits per heavy atom. The Hall–Kier alpha value is -0.160. The smallest absolute Gasteiger partial charge is 0.0475 e. The average molecular weight is 240 g/mol. The Balaban J connectivity index is 1.94. The van der Waals surface area contributed by atoms with Crippen LogP contribution in [0.4, 0.5) is 0 Å². The lowest BCUT2D eigenvalue weighted by Crippen LogP contribution is -2.64. The Bertz CT molecular complexity index is 240. The van der Waals surface area contributed by atoms with Crippen LogP contribution in [0.25, 0.3) is 0 Å². The Labute approximate surface area is 105 Å². The molecule has 0 amide bonds. The highest BCUT2D eigenvalue weighted by Gasteiger charge is 2.37. The van der Waals surface area contributed by atoms with Gasteiger partial charge in [-0.15, -0.1) is 0 Å². The first-order valence-corrected chi connectivity index (χ1v) is 7.08. The average Bonchev–Trinajstić information content (AvgIpc) is 2.35. The van der Waals surface area contributed by atoms with Crippen molar-refractivity contribution in [2.24, 2.45) is 5.73 Å². The maximum absolute atomic E-state index is 6.06. The van der Waals surface area contributed by atoms with E-state index in [1.165, 1.54) is 38.8 Å². The largest absolute Gasteiger partial charge is 0.329 e. The lowest BCUT2D eigenvalue weighted by atomic mass is 9.84. The van der Waals surface area contributed by atoms with E-state index < -0.39 is 0 Å². The zero-order chi connectivity index (χ0) is 12.3. The topological polar surface area (TPSA) is 44.5 Å². The van der Waals surface area contributed by atoms with Crippen LogP contribution in [0.5, 0.6) is 0 Å². The summed E-state index contributed by atoms with van der Waals surface area (Å²) < 4.78 is 0. The molecule has 2 aliphatic rings. The summed E-state index contributed by atoms with van der Waals surface area (Å²) in [5, 5.41) is 2.41. The molecule has 2 fully saturated rings. The summed E-state index contributed by atoms with van der Waals surface area (Å²) in [6.45, 7) is 6.58. The fourth-order valence-electron chi connectivity index (χ4n) is 3.11. The normalized spacial score (nSPS) is 37.2. The first-order chi connectivity index (χ1) is 8.15. The number of hydrogen-bond donors (Lipinski definition) is 2. The summed E-state index contributed by atoms with van der Waals surface area (Å²) in [6, 6.07) is 0.629. The summed E-state index contributed by atoms with van der Waals surface area (Å²) >= 11 is 0. The number of rotatable bonds is 3. The van der Waals surface area contributed by atoms with Gasteiger partial charge in [0.15, 0.2) is 0 Å². The molecule has 0 saturated carbocycles. The van der Waals surface area contributed by atoms with Crippen molar-refractivity contribution in [2.75, 3.05) is 33.2 Å². The third-order valence-electron chi connectivity index (χ3n) is 4.52. The second-order valence-corrected chi connectivity index (χ2v) is 5.93. The van der Waals surface area contributed by atoms with Crippen LogP contribution < -0.4 is 11.2 Å². The molecule has 2 saturated heterocycles. The fourth-order valence-corrected chi connectivity index (χ4v) is 3.11. The van der Waals surface area contributed by atoms with Gasteiger partial charge in [-0.3, -0.25) is 0 Å². The highest BCUT2D eigenvalue weighted by Crippen LogP contribution is 2.26. The SMILES string of the molecule is CC1CC(CN)(NN2CCCCC2)CCN1C. The second-order valence-electron chi connectivity index (χ2n) is 5.93. The van der Waals surface area contributed by atoms with Gasteiger partial charge in [-0.05, 0) is 46.2 Å². The Morgan fingerprint density at radius 2 is 1.94 bits per heavy atom. The molecule has 0 bridgehead atoms. The molecule has 2 atom stereocenters. The van der Waals surface area contributed by atoms with E-state index in [1.54, 1.807) is 0 Å². The van der Waals surface area contributed by atoms with Crippen LogP contribution in [0, 0.1) is 0 Å². The van der Waals surface area contributed by atoms with E-state index in [9.17, 15) is 0 Å². The minimum absolute atomic E-state index is 0.142. The van der Waals surface area contributed by atoms with E-state index in [-0.39, 0.29) is 5.54 Å². The van der Waals surface area contributed by atoms with Crippen LogP contribution in [-0.2, 0) is 0 Å². The van der Waals surface area contributed by atoms with Crippen molar-refractivity contribution in [3.8, 4) is 0 Å². The molecule has 100 valence electrons. The van der Waals surface area contributed by atoms with Gasteiger partial charge in [-0.2, -0.15) is 0 Å². The molecule has 2 heterocycles. The molecule has 4 nitrogen and oxygen atoms in total. The van der Waals surface area contributed by atoms with Crippen molar-refractivity contribution < 1.29 is 0 Å². The van der Waals surface area contributed by atoms with Gasteiger partial charge in [-0.1, -0.05) is 6.42 Å². The number of nitrogens with one attached hydrogen (secondary N) is 1. The summed E-state index contributed by atoms with van der Waals surface area (Å²) in [5.41, 5.74) is 9.95. The summed E-state index contributed by atoms with van der Waals surface area (Å²) in [7, 11) is 2.21. The van der Waals surface area contributed by atoms with E-state index in [4.69, 9.17) is 5.73 Å².